The van der Waals surface area contributed by atoms with Crippen LogP contribution in [0.4, 0.5) is 0 Å². The molecule has 65 valence electrons. The van der Waals surface area contributed by atoms with Gasteiger partial charge in [-0.25, -0.2) is 9.78 Å². The quantitative estimate of drug-likeness (QED) is 0.699. The molecule has 0 N–H and O–H groups in total. The van der Waals surface area contributed by atoms with Crippen LogP contribution in [-0.2, 0) is 22.6 Å². The number of aryl methyl sites for hydroxylation is 1. The maximum Gasteiger partial charge on any atom is 0.417 e. The SMILES string of the molecule is CCCc1cnc(CO[C]=O)s1. The second-order valence-corrected chi connectivity index (χ2v) is 3.54. The second-order valence-electron chi connectivity index (χ2n) is 2.34. The van der Waals surface area contributed by atoms with Gasteiger partial charge < -0.3 is 4.74 Å². The Kier molecular flexibility index (Phi) is 3.73. The van der Waals surface area contributed by atoms with E-state index < -0.39 is 0 Å². The Morgan fingerprint density at radius 1 is 1.75 bits per heavy atom. The predicted octanol–water partition coefficient (Wildman–Crippen LogP) is 1.68. The molecule has 1 heterocycles. The number of thiazole rings is 1. The van der Waals surface area contributed by atoms with E-state index in [4.69, 9.17) is 0 Å². The van der Waals surface area contributed by atoms with Gasteiger partial charge in [0.05, 0.1) is 0 Å². The molecule has 0 saturated carbocycles. The molecule has 0 bridgehead atoms. The van der Waals surface area contributed by atoms with Crippen molar-refractivity contribution in [2.75, 3.05) is 0 Å². The van der Waals surface area contributed by atoms with Gasteiger partial charge in [0, 0.05) is 11.1 Å². The lowest BCUT2D eigenvalue weighted by atomic mass is 10.3. The monoisotopic (exact) mass is 184 g/mol. The normalized spacial score (nSPS) is 9.75. The highest BCUT2D eigenvalue weighted by Gasteiger charge is 2.00. The fourth-order valence-electron chi connectivity index (χ4n) is 0.868. The molecule has 1 aromatic heterocycles. The van der Waals surface area contributed by atoms with Crippen LogP contribution in [0.25, 0.3) is 0 Å². The molecule has 0 unspecified atom stereocenters. The van der Waals surface area contributed by atoms with Gasteiger partial charge in [0.2, 0.25) is 0 Å². The van der Waals surface area contributed by atoms with Crippen molar-refractivity contribution in [1.29, 1.82) is 0 Å². The third-order valence-corrected chi connectivity index (χ3v) is 2.38. The molecule has 1 aromatic rings. The minimum absolute atomic E-state index is 0.248. The first-order valence-corrected chi connectivity index (χ1v) is 4.61. The second kappa shape index (κ2) is 4.87. The van der Waals surface area contributed by atoms with Gasteiger partial charge in [-0.15, -0.1) is 11.3 Å². The smallest absolute Gasteiger partial charge is 0.417 e. The summed E-state index contributed by atoms with van der Waals surface area (Å²) in [6.07, 6.45) is 3.99. The summed E-state index contributed by atoms with van der Waals surface area (Å²) < 4.78 is 4.45. The Labute approximate surface area is 75.4 Å². The van der Waals surface area contributed by atoms with E-state index in [0.717, 1.165) is 17.8 Å². The molecule has 0 aliphatic carbocycles. The van der Waals surface area contributed by atoms with Crippen LogP contribution in [0, 0.1) is 0 Å². The molecule has 0 saturated heterocycles. The molecule has 3 nitrogen and oxygen atoms in total. The van der Waals surface area contributed by atoms with Crippen molar-refractivity contribution in [3.05, 3.63) is 16.1 Å². The Morgan fingerprint density at radius 3 is 3.25 bits per heavy atom. The Bertz CT molecular complexity index is 247. The molecule has 1 radical (unpaired) electrons. The summed E-state index contributed by atoms with van der Waals surface area (Å²) >= 11 is 1.58. The van der Waals surface area contributed by atoms with Gasteiger partial charge in [-0.1, -0.05) is 13.3 Å². The lowest BCUT2D eigenvalue weighted by molar-refractivity contribution is 0.266. The van der Waals surface area contributed by atoms with E-state index in [1.54, 1.807) is 11.3 Å². The molecule has 12 heavy (non-hydrogen) atoms. The largest absolute Gasteiger partial charge is 0.450 e. The van der Waals surface area contributed by atoms with E-state index in [1.165, 1.54) is 11.3 Å². The zero-order chi connectivity index (χ0) is 8.81. The molecule has 0 aromatic carbocycles. The molecule has 0 amide bonds. The zero-order valence-corrected chi connectivity index (χ0v) is 7.69. The van der Waals surface area contributed by atoms with E-state index in [9.17, 15) is 4.79 Å². The number of nitrogens with zero attached hydrogens (tertiary/aromatic N) is 1. The van der Waals surface area contributed by atoms with Gasteiger partial charge in [-0.3, -0.25) is 0 Å². The third kappa shape index (κ3) is 2.62. The van der Waals surface area contributed by atoms with Crippen LogP contribution in [0.3, 0.4) is 0 Å². The van der Waals surface area contributed by atoms with Gasteiger partial charge >= 0.3 is 6.47 Å². The maximum absolute atomic E-state index is 9.74. The van der Waals surface area contributed by atoms with Crippen molar-refractivity contribution in [3.8, 4) is 0 Å². The average molecular weight is 184 g/mol. The van der Waals surface area contributed by atoms with E-state index in [-0.39, 0.29) is 6.61 Å². The average Bonchev–Trinajstić information content (AvgIpc) is 2.50. The van der Waals surface area contributed by atoms with Crippen molar-refractivity contribution in [1.82, 2.24) is 4.98 Å². The summed E-state index contributed by atoms with van der Waals surface area (Å²) in [7, 11) is 0. The van der Waals surface area contributed by atoms with Gasteiger partial charge in [-0.05, 0) is 6.42 Å². The van der Waals surface area contributed by atoms with Crippen LogP contribution in [0.15, 0.2) is 6.20 Å². The highest BCUT2D eigenvalue weighted by Crippen LogP contribution is 2.14. The van der Waals surface area contributed by atoms with Crippen molar-refractivity contribution < 1.29 is 9.53 Å². The Hall–Kier alpha value is -0.900. The number of rotatable bonds is 5. The lowest BCUT2D eigenvalue weighted by Gasteiger charge is -1.89. The molecule has 0 fully saturated rings. The topological polar surface area (TPSA) is 39.2 Å². The van der Waals surface area contributed by atoms with E-state index in [0.29, 0.717) is 0 Å². The number of ether oxygens (including phenoxy) is 1. The summed E-state index contributed by atoms with van der Waals surface area (Å²) in [5.74, 6) is 0. The van der Waals surface area contributed by atoms with E-state index >= 15 is 0 Å². The summed E-state index contributed by atoms with van der Waals surface area (Å²) in [4.78, 5) is 15.1. The standard InChI is InChI=1S/C8H10NO2S/c1-2-3-7-4-9-8(12-7)5-11-6-10/h4H,2-3,5H2,1H3. The molecular weight excluding hydrogens is 174 g/mol. The fourth-order valence-corrected chi connectivity index (χ4v) is 1.81. The van der Waals surface area contributed by atoms with Crippen LogP contribution in [0.2, 0.25) is 0 Å². The molecule has 0 aliphatic rings. The third-order valence-electron chi connectivity index (χ3n) is 1.35. The summed E-state index contributed by atoms with van der Waals surface area (Å²) in [5.41, 5.74) is 0. The summed E-state index contributed by atoms with van der Waals surface area (Å²) in [6.45, 7) is 3.74. The number of hydrogen-bond acceptors (Lipinski definition) is 4. The van der Waals surface area contributed by atoms with Gasteiger partial charge in [0.1, 0.15) is 11.6 Å². The molecule has 4 heteroatoms. The number of hydrogen-bond donors (Lipinski definition) is 0. The first-order chi connectivity index (χ1) is 5.86. The van der Waals surface area contributed by atoms with Gasteiger partial charge in [-0.2, -0.15) is 0 Å². The Balaban J connectivity index is 2.46. The molecule has 0 atom stereocenters. The minimum Gasteiger partial charge on any atom is -0.450 e. The van der Waals surface area contributed by atoms with Crippen LogP contribution in [-0.4, -0.2) is 11.5 Å². The highest BCUT2D eigenvalue weighted by atomic mass is 32.1. The van der Waals surface area contributed by atoms with Crippen molar-refractivity contribution in [2.24, 2.45) is 0 Å². The number of aromatic nitrogens is 1. The molecule has 0 spiro atoms. The first-order valence-electron chi connectivity index (χ1n) is 3.79. The van der Waals surface area contributed by atoms with Gasteiger partial charge in [0.25, 0.3) is 0 Å². The van der Waals surface area contributed by atoms with Crippen LogP contribution in [0.1, 0.15) is 23.2 Å². The summed E-state index contributed by atoms with van der Waals surface area (Å²) in [5, 5.41) is 0.835. The lowest BCUT2D eigenvalue weighted by Crippen LogP contribution is -1.87. The van der Waals surface area contributed by atoms with Crippen molar-refractivity contribution >= 4 is 17.8 Å². The van der Waals surface area contributed by atoms with E-state index in [1.807, 2.05) is 6.20 Å². The van der Waals surface area contributed by atoms with Crippen LogP contribution < -0.4 is 0 Å². The fraction of sp³-hybridized carbons (Fsp3) is 0.500. The maximum atomic E-state index is 9.74. The highest BCUT2D eigenvalue weighted by molar-refractivity contribution is 7.11. The van der Waals surface area contributed by atoms with Crippen molar-refractivity contribution in [3.63, 3.8) is 0 Å². The van der Waals surface area contributed by atoms with E-state index in [2.05, 4.69) is 16.6 Å². The molecule has 1 rings (SSSR count). The van der Waals surface area contributed by atoms with Crippen molar-refractivity contribution in [2.45, 2.75) is 26.4 Å². The predicted molar refractivity (Wildman–Crippen MR) is 46.6 cm³/mol. The Morgan fingerprint density at radius 2 is 2.58 bits per heavy atom. The molecular formula is C8H10NO2S. The van der Waals surface area contributed by atoms with Crippen LogP contribution >= 0.6 is 11.3 Å². The van der Waals surface area contributed by atoms with Gasteiger partial charge in [0.15, 0.2) is 0 Å². The minimum atomic E-state index is 0.248. The molecule has 0 aliphatic heterocycles. The van der Waals surface area contributed by atoms with Crippen LogP contribution in [0.5, 0.6) is 0 Å². The number of carbonyl (C=O) groups excluding carboxylic acids is 1. The zero-order valence-electron chi connectivity index (χ0n) is 6.87. The first kappa shape index (κ1) is 9.19. The summed E-state index contributed by atoms with van der Waals surface area (Å²) in [6, 6.07) is 0.